The van der Waals surface area contributed by atoms with E-state index in [9.17, 15) is 14.4 Å². The van der Waals surface area contributed by atoms with Gasteiger partial charge in [0, 0.05) is 12.3 Å². The first-order valence-electron chi connectivity index (χ1n) is 8.61. The Morgan fingerprint density at radius 3 is 2.61 bits per heavy atom. The van der Waals surface area contributed by atoms with E-state index >= 15 is 0 Å². The number of carbonyl (C=O) groups excluding carboxylic acids is 2. The van der Waals surface area contributed by atoms with E-state index in [4.69, 9.17) is 5.11 Å². The maximum absolute atomic E-state index is 12.0. The summed E-state index contributed by atoms with van der Waals surface area (Å²) < 4.78 is 0. The van der Waals surface area contributed by atoms with Gasteiger partial charge in [0.1, 0.15) is 6.04 Å². The molecule has 1 spiro atoms. The van der Waals surface area contributed by atoms with Gasteiger partial charge in [0.15, 0.2) is 5.78 Å². The molecular weight excluding hydrogens is 294 g/mol. The number of allylic oxidation sites excluding steroid dienone is 2. The van der Waals surface area contributed by atoms with Crippen molar-refractivity contribution in [2.24, 2.45) is 17.3 Å². The summed E-state index contributed by atoms with van der Waals surface area (Å²) in [6.45, 7) is 3.62. The van der Waals surface area contributed by atoms with Crippen LogP contribution < -0.4 is 5.32 Å². The van der Waals surface area contributed by atoms with Crippen LogP contribution >= 0.6 is 0 Å². The Kier molecular flexibility index (Phi) is 5.60. The van der Waals surface area contributed by atoms with Gasteiger partial charge < -0.3 is 10.4 Å². The number of unbranched alkanes of at least 4 members (excludes halogenated alkanes) is 2. The third-order valence-corrected chi connectivity index (χ3v) is 5.21. The molecule has 2 N–H and O–H groups in total. The number of hydrogen-bond acceptors (Lipinski definition) is 3. The number of nitrogens with one attached hydrogen (secondary N) is 1. The smallest absolute Gasteiger partial charge is 0.325 e. The van der Waals surface area contributed by atoms with Gasteiger partial charge in [0.25, 0.3) is 0 Å². The van der Waals surface area contributed by atoms with Gasteiger partial charge in [-0.1, -0.05) is 25.8 Å². The third-order valence-electron chi connectivity index (χ3n) is 5.21. The van der Waals surface area contributed by atoms with E-state index in [1.807, 2.05) is 0 Å². The summed E-state index contributed by atoms with van der Waals surface area (Å²) >= 11 is 0. The molecule has 0 aromatic rings. The van der Waals surface area contributed by atoms with Crippen LogP contribution in [0.15, 0.2) is 12.2 Å². The lowest BCUT2D eigenvalue weighted by molar-refractivity contribution is -0.141. The Morgan fingerprint density at radius 2 is 2.00 bits per heavy atom. The average molecular weight is 321 g/mol. The van der Waals surface area contributed by atoms with Crippen molar-refractivity contribution in [2.75, 3.05) is 0 Å². The predicted octanol–water partition coefficient (Wildman–Crippen LogP) is 2.70. The van der Waals surface area contributed by atoms with Crippen LogP contribution in [0, 0.1) is 17.3 Å². The van der Waals surface area contributed by atoms with Gasteiger partial charge in [-0.3, -0.25) is 14.4 Å². The topological polar surface area (TPSA) is 83.5 Å². The first kappa shape index (κ1) is 17.7. The zero-order valence-electron chi connectivity index (χ0n) is 14.0. The molecule has 1 fully saturated rings. The molecule has 0 aromatic heterocycles. The highest BCUT2D eigenvalue weighted by Crippen LogP contribution is 2.59. The summed E-state index contributed by atoms with van der Waals surface area (Å²) in [6.07, 6.45) is 10.2. The molecule has 23 heavy (non-hydrogen) atoms. The fourth-order valence-corrected chi connectivity index (χ4v) is 3.68. The minimum atomic E-state index is -1.02. The number of amides is 1. The van der Waals surface area contributed by atoms with Crippen molar-refractivity contribution < 1.29 is 19.5 Å². The number of aliphatic carboxylic acids is 1. The lowest BCUT2D eigenvalue weighted by Crippen LogP contribution is -2.38. The van der Waals surface area contributed by atoms with Crippen molar-refractivity contribution in [3.63, 3.8) is 0 Å². The quantitative estimate of drug-likeness (QED) is 0.640. The summed E-state index contributed by atoms with van der Waals surface area (Å²) in [5, 5.41) is 11.2. The van der Waals surface area contributed by atoms with Gasteiger partial charge in [-0.05, 0) is 50.0 Å². The summed E-state index contributed by atoms with van der Waals surface area (Å²) in [5.41, 5.74) is 0.184. The maximum Gasteiger partial charge on any atom is 0.325 e. The van der Waals surface area contributed by atoms with E-state index in [1.165, 1.54) is 6.92 Å². The normalized spacial score (nSPS) is 23.7. The molecule has 0 radical (unpaired) electrons. The largest absolute Gasteiger partial charge is 0.480 e. The van der Waals surface area contributed by atoms with Crippen LogP contribution in [0.2, 0.25) is 0 Å². The molecule has 0 heterocycles. The summed E-state index contributed by atoms with van der Waals surface area (Å²) in [7, 11) is 0. The molecule has 0 aromatic carbocycles. The SMILES string of the molecule is CC(NC(=O)CCCCCC(C)C1C(=O)C=CC12CC2)C(=O)O. The fraction of sp³-hybridized carbons (Fsp3) is 0.722. The highest BCUT2D eigenvalue weighted by molar-refractivity contribution is 5.96. The Hall–Kier alpha value is -1.65. The maximum atomic E-state index is 12.0. The number of carboxylic acid groups (broad SMARTS) is 1. The van der Waals surface area contributed by atoms with Crippen molar-refractivity contribution in [1.29, 1.82) is 0 Å². The number of ketones is 1. The molecule has 2 rings (SSSR count). The Morgan fingerprint density at radius 1 is 1.30 bits per heavy atom. The lowest BCUT2D eigenvalue weighted by atomic mass is 9.79. The fourth-order valence-electron chi connectivity index (χ4n) is 3.68. The molecule has 0 saturated heterocycles. The van der Waals surface area contributed by atoms with Crippen molar-refractivity contribution in [2.45, 2.75) is 64.8 Å². The first-order valence-corrected chi connectivity index (χ1v) is 8.61. The van der Waals surface area contributed by atoms with Gasteiger partial charge in [-0.2, -0.15) is 0 Å². The Labute approximate surface area is 137 Å². The zero-order chi connectivity index (χ0) is 17.0. The first-order chi connectivity index (χ1) is 10.9. The molecule has 1 saturated carbocycles. The molecule has 2 aliphatic rings. The average Bonchev–Trinajstić information content (AvgIpc) is 3.17. The van der Waals surface area contributed by atoms with Crippen LogP contribution in [0.1, 0.15) is 58.8 Å². The highest BCUT2D eigenvalue weighted by atomic mass is 16.4. The van der Waals surface area contributed by atoms with Crippen LogP contribution in [-0.4, -0.2) is 28.8 Å². The molecule has 3 atom stereocenters. The van der Waals surface area contributed by atoms with E-state index in [0.717, 1.165) is 38.5 Å². The molecule has 2 aliphatic carbocycles. The standard InChI is InChI=1S/C18H27NO4/c1-12(16-14(20)8-9-18(16)10-11-18)6-4-3-5-7-15(21)19-13(2)17(22)23/h8-9,12-13,16H,3-7,10-11H2,1-2H3,(H,19,21)(H,22,23). The monoisotopic (exact) mass is 321 g/mol. The second-order valence-corrected chi connectivity index (χ2v) is 7.15. The molecule has 128 valence electrons. The number of rotatable bonds is 9. The van der Waals surface area contributed by atoms with Crippen LogP contribution in [0.4, 0.5) is 0 Å². The van der Waals surface area contributed by atoms with Gasteiger partial charge in [-0.25, -0.2) is 0 Å². The van der Waals surface area contributed by atoms with E-state index in [-0.39, 0.29) is 23.0 Å². The predicted molar refractivity (Wildman–Crippen MR) is 86.8 cm³/mol. The van der Waals surface area contributed by atoms with Crippen molar-refractivity contribution >= 4 is 17.7 Å². The molecule has 5 heteroatoms. The third kappa shape index (κ3) is 4.43. The molecule has 5 nitrogen and oxygen atoms in total. The summed E-state index contributed by atoms with van der Waals surface area (Å²) in [6, 6.07) is -0.835. The van der Waals surface area contributed by atoms with E-state index in [2.05, 4.69) is 18.3 Å². The molecule has 1 amide bonds. The molecule has 3 unspecified atom stereocenters. The minimum Gasteiger partial charge on any atom is -0.480 e. The van der Waals surface area contributed by atoms with Crippen LogP contribution in [-0.2, 0) is 14.4 Å². The molecule has 0 bridgehead atoms. The second kappa shape index (κ2) is 7.28. The van der Waals surface area contributed by atoms with E-state index in [1.54, 1.807) is 6.08 Å². The Bertz CT molecular complexity index is 507. The second-order valence-electron chi connectivity index (χ2n) is 7.15. The van der Waals surface area contributed by atoms with E-state index in [0.29, 0.717) is 12.3 Å². The lowest BCUT2D eigenvalue weighted by Gasteiger charge is -2.24. The zero-order valence-corrected chi connectivity index (χ0v) is 14.0. The van der Waals surface area contributed by atoms with Gasteiger partial charge >= 0.3 is 5.97 Å². The Balaban J connectivity index is 1.60. The van der Waals surface area contributed by atoms with E-state index < -0.39 is 12.0 Å². The number of carboxylic acids is 1. The van der Waals surface area contributed by atoms with Crippen LogP contribution in [0.25, 0.3) is 0 Å². The van der Waals surface area contributed by atoms with Crippen molar-refractivity contribution in [3.05, 3.63) is 12.2 Å². The van der Waals surface area contributed by atoms with Crippen LogP contribution in [0.5, 0.6) is 0 Å². The minimum absolute atomic E-state index is 0.169. The molecular formula is C18H27NO4. The number of hydrogen-bond donors (Lipinski definition) is 2. The summed E-state index contributed by atoms with van der Waals surface area (Å²) in [5.74, 6) is -0.379. The highest BCUT2D eigenvalue weighted by Gasteiger charge is 2.54. The van der Waals surface area contributed by atoms with Gasteiger partial charge in [0.05, 0.1) is 0 Å². The number of carbonyl (C=O) groups is 3. The van der Waals surface area contributed by atoms with Gasteiger partial charge in [0.2, 0.25) is 5.91 Å². The van der Waals surface area contributed by atoms with Crippen molar-refractivity contribution in [3.8, 4) is 0 Å². The van der Waals surface area contributed by atoms with Crippen LogP contribution in [0.3, 0.4) is 0 Å². The van der Waals surface area contributed by atoms with Crippen molar-refractivity contribution in [1.82, 2.24) is 5.32 Å². The molecule has 0 aliphatic heterocycles. The summed E-state index contributed by atoms with van der Waals surface area (Å²) in [4.78, 5) is 34.2. The van der Waals surface area contributed by atoms with Gasteiger partial charge in [-0.15, -0.1) is 0 Å².